The van der Waals surface area contributed by atoms with Crippen molar-refractivity contribution in [2.24, 2.45) is 0 Å². The Morgan fingerprint density at radius 2 is 2.19 bits per heavy atom. The average Bonchev–Trinajstić information content (AvgIpc) is 2.71. The van der Waals surface area contributed by atoms with E-state index in [1.807, 2.05) is 22.9 Å². The fourth-order valence-corrected chi connectivity index (χ4v) is 1.73. The molecule has 2 N–H and O–H groups in total. The van der Waals surface area contributed by atoms with E-state index < -0.39 is 0 Å². The number of nitrogen functional groups attached to an aromatic ring is 1. The van der Waals surface area contributed by atoms with E-state index in [2.05, 4.69) is 6.07 Å². The van der Waals surface area contributed by atoms with E-state index in [9.17, 15) is 0 Å². The molecular weight excluding hydrogens is 222 g/mol. The molecule has 1 aromatic heterocycles. The molecule has 4 heteroatoms. The van der Waals surface area contributed by atoms with Gasteiger partial charge in [0.05, 0.1) is 0 Å². The molecule has 3 nitrogen and oxygen atoms in total. The second kappa shape index (κ2) is 4.30. The van der Waals surface area contributed by atoms with Gasteiger partial charge in [-0.25, -0.2) is 0 Å². The van der Waals surface area contributed by atoms with Gasteiger partial charge in [0, 0.05) is 23.5 Å². The molecule has 1 aromatic carbocycles. The predicted octanol–water partition coefficient (Wildman–Crippen LogP) is 2.64. The molecule has 0 aliphatic heterocycles. The number of hydrogen-bond acceptors (Lipinski definition) is 2. The maximum absolute atomic E-state index is 8.88. The van der Waals surface area contributed by atoms with E-state index in [0.29, 0.717) is 22.9 Å². The number of hydrogen-bond donors (Lipinski definition) is 1. The molecule has 0 radical (unpaired) electrons. The lowest BCUT2D eigenvalue weighted by Gasteiger charge is -2.07. The number of aromatic nitrogens is 1. The van der Waals surface area contributed by atoms with Crippen molar-refractivity contribution in [1.82, 2.24) is 4.57 Å². The van der Waals surface area contributed by atoms with Gasteiger partial charge in [0.1, 0.15) is 11.8 Å². The topological polar surface area (TPSA) is 54.7 Å². The number of anilines is 1. The highest BCUT2D eigenvalue weighted by Gasteiger charge is 2.04. The highest BCUT2D eigenvalue weighted by Crippen LogP contribution is 2.20. The summed E-state index contributed by atoms with van der Waals surface area (Å²) < 4.78 is 1.83. The highest BCUT2D eigenvalue weighted by molar-refractivity contribution is 6.31. The summed E-state index contributed by atoms with van der Waals surface area (Å²) in [4.78, 5) is 0. The quantitative estimate of drug-likeness (QED) is 0.808. The van der Waals surface area contributed by atoms with E-state index in [0.717, 1.165) is 5.56 Å². The van der Waals surface area contributed by atoms with E-state index in [1.54, 1.807) is 18.2 Å². The van der Waals surface area contributed by atoms with Crippen molar-refractivity contribution >= 4 is 17.3 Å². The summed E-state index contributed by atoms with van der Waals surface area (Å²) in [6, 6.07) is 11.1. The molecule has 0 unspecified atom stereocenters. The first kappa shape index (κ1) is 10.6. The van der Waals surface area contributed by atoms with Gasteiger partial charge in [0.2, 0.25) is 0 Å². The molecule has 0 amide bonds. The van der Waals surface area contributed by atoms with Crippen LogP contribution < -0.4 is 5.73 Å². The third-order valence-electron chi connectivity index (χ3n) is 2.35. The molecule has 1 heterocycles. The number of rotatable bonds is 2. The number of benzene rings is 1. The van der Waals surface area contributed by atoms with Crippen LogP contribution in [0.25, 0.3) is 0 Å². The van der Waals surface area contributed by atoms with E-state index >= 15 is 0 Å². The summed E-state index contributed by atoms with van der Waals surface area (Å²) in [6.45, 7) is 0.555. The van der Waals surface area contributed by atoms with Gasteiger partial charge in [-0.15, -0.1) is 0 Å². The summed E-state index contributed by atoms with van der Waals surface area (Å²) in [6.07, 6.45) is 1.85. The third kappa shape index (κ3) is 2.02. The summed E-state index contributed by atoms with van der Waals surface area (Å²) >= 11 is 6.06. The van der Waals surface area contributed by atoms with Crippen molar-refractivity contribution in [3.05, 3.63) is 52.8 Å². The molecule has 2 aromatic rings. The van der Waals surface area contributed by atoms with Crippen LogP contribution >= 0.6 is 11.6 Å². The summed E-state index contributed by atoms with van der Waals surface area (Å²) in [7, 11) is 0. The molecule has 2 rings (SSSR count). The molecule has 0 bridgehead atoms. The van der Waals surface area contributed by atoms with Gasteiger partial charge in [0.15, 0.2) is 0 Å². The molecule has 0 atom stereocenters. The van der Waals surface area contributed by atoms with E-state index in [-0.39, 0.29) is 0 Å². The Morgan fingerprint density at radius 3 is 2.94 bits per heavy atom. The van der Waals surface area contributed by atoms with E-state index in [4.69, 9.17) is 22.6 Å². The van der Waals surface area contributed by atoms with Crippen LogP contribution in [-0.2, 0) is 6.54 Å². The summed E-state index contributed by atoms with van der Waals surface area (Å²) in [5, 5.41) is 9.54. The Morgan fingerprint density at radius 1 is 1.38 bits per heavy atom. The smallest absolute Gasteiger partial charge is 0.120 e. The van der Waals surface area contributed by atoms with Crippen LogP contribution in [-0.4, -0.2) is 4.57 Å². The fraction of sp³-hybridized carbons (Fsp3) is 0.0833. The van der Waals surface area contributed by atoms with Crippen molar-refractivity contribution in [2.75, 3.05) is 5.73 Å². The van der Waals surface area contributed by atoms with Gasteiger partial charge in [-0.2, -0.15) is 5.26 Å². The molecule has 0 fully saturated rings. The first-order chi connectivity index (χ1) is 7.70. The number of nitrogens with two attached hydrogens (primary N) is 1. The minimum Gasteiger partial charge on any atom is -0.399 e. The van der Waals surface area contributed by atoms with Crippen LogP contribution in [0.2, 0.25) is 5.02 Å². The van der Waals surface area contributed by atoms with Crippen molar-refractivity contribution in [2.45, 2.75) is 6.54 Å². The van der Waals surface area contributed by atoms with Crippen molar-refractivity contribution in [1.29, 1.82) is 5.26 Å². The predicted molar refractivity (Wildman–Crippen MR) is 64.1 cm³/mol. The van der Waals surface area contributed by atoms with E-state index in [1.165, 1.54) is 0 Å². The van der Waals surface area contributed by atoms with Gasteiger partial charge in [0.25, 0.3) is 0 Å². The van der Waals surface area contributed by atoms with Crippen LogP contribution in [0, 0.1) is 11.3 Å². The fourth-order valence-electron chi connectivity index (χ4n) is 1.55. The molecular formula is C12H10ClN3. The van der Waals surface area contributed by atoms with Crippen LogP contribution in [0.4, 0.5) is 5.69 Å². The van der Waals surface area contributed by atoms with Crippen molar-refractivity contribution in [3.8, 4) is 6.07 Å². The normalized spacial score (nSPS) is 10.0. The Labute approximate surface area is 98.7 Å². The summed E-state index contributed by atoms with van der Waals surface area (Å²) in [5.41, 5.74) is 7.89. The third-order valence-corrected chi connectivity index (χ3v) is 2.72. The van der Waals surface area contributed by atoms with Gasteiger partial charge in [-0.3, -0.25) is 0 Å². The first-order valence-corrected chi connectivity index (χ1v) is 5.17. The van der Waals surface area contributed by atoms with Crippen LogP contribution in [0.5, 0.6) is 0 Å². The zero-order valence-electron chi connectivity index (χ0n) is 8.52. The second-order valence-corrected chi connectivity index (χ2v) is 3.89. The Balaban J connectivity index is 2.34. The lowest BCUT2D eigenvalue weighted by molar-refractivity contribution is 0.794. The molecule has 80 valence electrons. The Bertz CT molecular complexity index is 552. The Kier molecular flexibility index (Phi) is 2.84. The van der Waals surface area contributed by atoms with Crippen LogP contribution in [0.1, 0.15) is 11.3 Å². The molecule has 0 saturated carbocycles. The largest absolute Gasteiger partial charge is 0.399 e. The molecule has 16 heavy (non-hydrogen) atoms. The standard InChI is InChI=1S/C12H10ClN3/c13-12-4-3-10(15)6-9(12)8-16-5-1-2-11(16)7-14/h1-6H,8,15H2. The highest BCUT2D eigenvalue weighted by atomic mass is 35.5. The molecule has 0 saturated heterocycles. The number of nitriles is 1. The lowest BCUT2D eigenvalue weighted by atomic mass is 10.2. The lowest BCUT2D eigenvalue weighted by Crippen LogP contribution is -2.02. The second-order valence-electron chi connectivity index (χ2n) is 3.48. The van der Waals surface area contributed by atoms with Crippen molar-refractivity contribution in [3.63, 3.8) is 0 Å². The monoisotopic (exact) mass is 231 g/mol. The Hall–Kier alpha value is -1.92. The van der Waals surface area contributed by atoms with Gasteiger partial charge in [-0.05, 0) is 35.9 Å². The maximum atomic E-state index is 8.88. The first-order valence-electron chi connectivity index (χ1n) is 4.80. The molecule has 0 spiro atoms. The van der Waals surface area contributed by atoms with Gasteiger partial charge in [-0.1, -0.05) is 11.6 Å². The minimum absolute atomic E-state index is 0.555. The zero-order valence-corrected chi connectivity index (χ0v) is 9.28. The van der Waals surface area contributed by atoms with Gasteiger partial charge < -0.3 is 10.3 Å². The maximum Gasteiger partial charge on any atom is 0.120 e. The SMILES string of the molecule is N#Cc1cccn1Cc1cc(N)ccc1Cl. The number of halogens is 1. The number of nitrogens with zero attached hydrogens (tertiary/aromatic N) is 2. The minimum atomic E-state index is 0.555. The van der Waals surface area contributed by atoms with Gasteiger partial charge >= 0.3 is 0 Å². The zero-order chi connectivity index (χ0) is 11.5. The molecule has 0 aliphatic carbocycles. The summed E-state index contributed by atoms with van der Waals surface area (Å²) in [5.74, 6) is 0. The van der Waals surface area contributed by atoms with Crippen LogP contribution in [0.3, 0.4) is 0 Å². The average molecular weight is 232 g/mol. The van der Waals surface area contributed by atoms with Crippen LogP contribution in [0.15, 0.2) is 36.5 Å². The molecule has 0 aliphatic rings. The van der Waals surface area contributed by atoms with Crippen molar-refractivity contribution < 1.29 is 0 Å².